The van der Waals surface area contributed by atoms with Crippen LogP contribution in [0.1, 0.15) is 32.8 Å². The lowest BCUT2D eigenvalue weighted by Gasteiger charge is -2.51. The van der Waals surface area contributed by atoms with Crippen LogP contribution in [-0.4, -0.2) is 36.9 Å². The van der Waals surface area contributed by atoms with Gasteiger partial charge in [-0.2, -0.15) is 0 Å². The van der Waals surface area contributed by atoms with Crippen molar-refractivity contribution in [3.8, 4) is 5.75 Å². The number of rotatable bonds is 6. The monoisotopic (exact) mass is 500 g/mol. The van der Waals surface area contributed by atoms with Crippen LogP contribution in [0.15, 0.2) is 47.4 Å². The first-order valence-electron chi connectivity index (χ1n) is 10.0. The van der Waals surface area contributed by atoms with Gasteiger partial charge in [0.1, 0.15) is 12.4 Å². The van der Waals surface area contributed by atoms with Crippen LogP contribution in [0.4, 0.5) is 0 Å². The first-order valence-corrected chi connectivity index (χ1v) is 12.3. The van der Waals surface area contributed by atoms with E-state index in [1.54, 1.807) is 56.6 Å². The Hall–Kier alpha value is -1.84. The summed E-state index contributed by atoms with van der Waals surface area (Å²) < 4.78 is 32.8. The van der Waals surface area contributed by atoms with Gasteiger partial charge in [0.2, 0.25) is 0 Å². The highest BCUT2D eigenvalue weighted by atomic mass is 35.5. The van der Waals surface area contributed by atoms with E-state index in [0.29, 0.717) is 22.3 Å². The minimum Gasteiger partial charge on any atom is -0.489 e. The van der Waals surface area contributed by atoms with E-state index in [0.717, 1.165) is 5.56 Å². The van der Waals surface area contributed by atoms with Gasteiger partial charge in [0, 0.05) is 21.1 Å². The minimum atomic E-state index is -3.89. The Morgan fingerprint density at radius 1 is 1.19 bits per heavy atom. The number of carbonyl (C=O) groups excluding carboxylic acids is 1. The van der Waals surface area contributed by atoms with Crippen LogP contribution in [0.25, 0.3) is 0 Å². The van der Waals surface area contributed by atoms with Crippen molar-refractivity contribution in [3.63, 3.8) is 0 Å². The number of benzene rings is 2. The number of amides is 1. The van der Waals surface area contributed by atoms with E-state index in [1.807, 2.05) is 0 Å². The molecule has 0 radical (unpaired) electrons. The predicted molar refractivity (Wildman–Crippen MR) is 123 cm³/mol. The third kappa shape index (κ3) is 4.47. The van der Waals surface area contributed by atoms with Crippen LogP contribution in [0.5, 0.6) is 5.75 Å². The van der Waals surface area contributed by atoms with Gasteiger partial charge < -0.3 is 10.1 Å². The quantitative estimate of drug-likeness (QED) is 0.408. The molecule has 1 saturated heterocycles. The highest BCUT2D eigenvalue weighted by molar-refractivity contribution is 7.92. The molecule has 174 valence electrons. The average molecular weight is 501 g/mol. The lowest BCUT2D eigenvalue weighted by atomic mass is 9.66. The molecular formula is C22H26Cl2N2O5S. The zero-order valence-corrected chi connectivity index (χ0v) is 20.3. The number of carbonyl (C=O) groups is 1. The molecule has 2 aromatic rings. The molecule has 0 saturated carbocycles. The van der Waals surface area contributed by atoms with Crippen LogP contribution in [-0.2, 0) is 21.2 Å². The Morgan fingerprint density at radius 3 is 2.44 bits per heavy atom. The maximum absolute atomic E-state index is 13.5. The van der Waals surface area contributed by atoms with E-state index in [2.05, 4.69) is 5.32 Å². The minimum absolute atomic E-state index is 0.0778. The molecule has 0 aliphatic carbocycles. The van der Waals surface area contributed by atoms with Crippen molar-refractivity contribution < 1.29 is 23.2 Å². The molecule has 1 fully saturated rings. The molecule has 1 heterocycles. The van der Waals surface area contributed by atoms with Crippen molar-refractivity contribution in [2.45, 2.75) is 49.5 Å². The summed E-state index contributed by atoms with van der Waals surface area (Å²) in [5.74, 6) is -0.278. The van der Waals surface area contributed by atoms with Gasteiger partial charge in [-0.25, -0.2) is 13.9 Å². The summed E-state index contributed by atoms with van der Waals surface area (Å²) in [4.78, 5) is 12.7. The molecule has 1 aliphatic heterocycles. The molecule has 32 heavy (non-hydrogen) atoms. The van der Waals surface area contributed by atoms with Crippen molar-refractivity contribution in [3.05, 3.63) is 58.1 Å². The maximum atomic E-state index is 13.5. The molecule has 1 amide bonds. The number of sulfone groups is 1. The molecule has 1 aliphatic rings. The Balaban J connectivity index is 1.84. The second-order valence-corrected chi connectivity index (χ2v) is 11.5. The fourth-order valence-electron chi connectivity index (χ4n) is 4.09. The summed E-state index contributed by atoms with van der Waals surface area (Å²) in [6.07, 6.45) is 0.225. The summed E-state index contributed by atoms with van der Waals surface area (Å²) in [6.45, 7) is 5.68. The van der Waals surface area contributed by atoms with Crippen LogP contribution in [0.2, 0.25) is 10.0 Å². The maximum Gasteiger partial charge on any atom is 0.252 e. The number of nitrogens with one attached hydrogen (secondary N) is 2. The predicted octanol–water partition coefficient (Wildman–Crippen LogP) is 4.00. The van der Waals surface area contributed by atoms with E-state index in [1.165, 1.54) is 12.1 Å². The van der Waals surface area contributed by atoms with Gasteiger partial charge in [-0.1, -0.05) is 29.3 Å². The van der Waals surface area contributed by atoms with E-state index in [9.17, 15) is 18.4 Å². The second-order valence-electron chi connectivity index (χ2n) is 8.51. The van der Waals surface area contributed by atoms with Crippen LogP contribution in [0, 0.1) is 5.41 Å². The zero-order valence-electron chi connectivity index (χ0n) is 18.0. The van der Waals surface area contributed by atoms with Gasteiger partial charge in [-0.15, -0.1) is 0 Å². The third-order valence-corrected chi connectivity index (χ3v) is 9.40. The first kappa shape index (κ1) is 24.8. The standard InChI is InChI=1S/C22H26Cl2N2O5S/c1-21(2)22(3,20(27)26-28)19(10-11-25-21)32(29,30)17-8-6-16(7-9-17)31-13-14-4-5-15(23)12-18(14)24/h4-9,12,19,25,28H,10-11,13H2,1-3H3,(H,26,27). The van der Waals surface area contributed by atoms with Gasteiger partial charge >= 0.3 is 0 Å². The SMILES string of the molecule is CC1(C)NCCC(S(=O)(=O)c2ccc(OCc3ccc(Cl)cc3Cl)cc2)C1(C)C(=O)NO. The van der Waals surface area contributed by atoms with Crippen molar-refractivity contribution in [2.75, 3.05) is 6.54 Å². The number of hydrogen-bond donors (Lipinski definition) is 3. The Labute approximate surface area is 197 Å². The highest BCUT2D eigenvalue weighted by Gasteiger charge is 2.59. The molecule has 3 rings (SSSR count). The van der Waals surface area contributed by atoms with E-state index in [4.69, 9.17) is 27.9 Å². The van der Waals surface area contributed by atoms with Crippen molar-refractivity contribution >= 4 is 38.9 Å². The first-order chi connectivity index (χ1) is 14.9. The van der Waals surface area contributed by atoms with Crippen molar-refractivity contribution in [1.82, 2.24) is 10.8 Å². The number of hydrogen-bond acceptors (Lipinski definition) is 6. The van der Waals surface area contributed by atoms with Gasteiger partial charge in [-0.05, 0) is 70.1 Å². The Bertz CT molecular complexity index is 1110. The lowest BCUT2D eigenvalue weighted by molar-refractivity contribution is -0.144. The topological polar surface area (TPSA) is 105 Å². The molecule has 10 heteroatoms. The van der Waals surface area contributed by atoms with Crippen molar-refractivity contribution in [1.29, 1.82) is 0 Å². The summed E-state index contributed by atoms with van der Waals surface area (Å²) in [6, 6.07) is 11.1. The molecule has 2 unspecified atom stereocenters. The van der Waals surface area contributed by atoms with Gasteiger partial charge in [0.05, 0.1) is 15.6 Å². The van der Waals surface area contributed by atoms with E-state index >= 15 is 0 Å². The normalized spacial score (nSPS) is 22.9. The average Bonchev–Trinajstić information content (AvgIpc) is 2.74. The molecule has 2 atom stereocenters. The summed E-state index contributed by atoms with van der Waals surface area (Å²) in [5.41, 5.74) is 0.129. The number of hydroxylamine groups is 1. The molecule has 0 spiro atoms. The molecule has 7 nitrogen and oxygen atoms in total. The van der Waals surface area contributed by atoms with Crippen molar-refractivity contribution in [2.24, 2.45) is 5.41 Å². The van der Waals surface area contributed by atoms with Gasteiger partial charge in [0.25, 0.3) is 5.91 Å². The zero-order chi connectivity index (χ0) is 23.7. The van der Waals surface area contributed by atoms with E-state index < -0.39 is 31.9 Å². The van der Waals surface area contributed by atoms with Crippen LogP contribution in [0.3, 0.4) is 0 Å². The van der Waals surface area contributed by atoms with E-state index in [-0.39, 0.29) is 17.9 Å². The summed E-state index contributed by atoms with van der Waals surface area (Å²) >= 11 is 12.1. The smallest absolute Gasteiger partial charge is 0.252 e. The number of halogens is 2. The summed E-state index contributed by atoms with van der Waals surface area (Å²) in [7, 11) is -3.89. The second kappa shape index (κ2) is 9.19. The summed E-state index contributed by atoms with van der Waals surface area (Å²) in [5, 5.41) is 12.5. The fraction of sp³-hybridized carbons (Fsp3) is 0.409. The Kier molecular flexibility index (Phi) is 7.12. The lowest BCUT2D eigenvalue weighted by Crippen LogP contribution is -2.69. The van der Waals surface area contributed by atoms with Gasteiger partial charge in [0.15, 0.2) is 9.84 Å². The molecule has 0 bridgehead atoms. The largest absolute Gasteiger partial charge is 0.489 e. The Morgan fingerprint density at radius 2 is 1.84 bits per heavy atom. The molecular weight excluding hydrogens is 475 g/mol. The molecule has 2 aromatic carbocycles. The number of piperidine rings is 1. The molecule has 0 aromatic heterocycles. The highest BCUT2D eigenvalue weighted by Crippen LogP contribution is 2.44. The van der Waals surface area contributed by atoms with Crippen LogP contribution >= 0.6 is 23.2 Å². The fourth-order valence-corrected chi connectivity index (χ4v) is 6.85. The third-order valence-electron chi connectivity index (χ3n) is 6.43. The van der Waals surface area contributed by atoms with Gasteiger partial charge in [-0.3, -0.25) is 10.0 Å². The molecule has 3 N–H and O–H groups in total. The number of ether oxygens (including phenoxy) is 1. The van der Waals surface area contributed by atoms with Crippen LogP contribution < -0.4 is 15.5 Å².